The number of piperidine rings is 1. The molecule has 0 unspecified atom stereocenters. The van der Waals surface area contributed by atoms with Gasteiger partial charge in [0.2, 0.25) is 0 Å². The SMILES string of the molecule is O=C(O)c1ccc2nc(N3[C@@H]4CC[C@H]3C[C@@H](OCc3c(-c5ccc(F)cc5)noc3C3CC3)C4)sc2c1. The van der Waals surface area contributed by atoms with Crippen molar-refractivity contribution in [2.24, 2.45) is 0 Å². The molecule has 2 bridgehead atoms. The first kappa shape index (κ1) is 22.9. The van der Waals surface area contributed by atoms with Crippen LogP contribution in [0.2, 0.25) is 0 Å². The van der Waals surface area contributed by atoms with E-state index in [1.807, 2.05) is 0 Å². The first-order valence-corrected chi connectivity index (χ1v) is 13.6. The van der Waals surface area contributed by atoms with Crippen LogP contribution in [0.15, 0.2) is 47.0 Å². The predicted molar refractivity (Wildman–Crippen MR) is 138 cm³/mol. The number of fused-ring (bicyclic) bond motifs is 3. The zero-order valence-corrected chi connectivity index (χ0v) is 20.9. The van der Waals surface area contributed by atoms with Crippen LogP contribution in [0.5, 0.6) is 0 Å². The van der Waals surface area contributed by atoms with Crippen LogP contribution < -0.4 is 4.90 Å². The number of hydrogen-bond donors (Lipinski definition) is 1. The van der Waals surface area contributed by atoms with Gasteiger partial charge in [-0.25, -0.2) is 14.2 Å². The molecule has 3 fully saturated rings. The number of rotatable bonds is 7. The van der Waals surface area contributed by atoms with Gasteiger partial charge in [-0.05, 0) is 81.0 Å². The average Bonchev–Trinajstić information content (AvgIpc) is 3.41. The minimum absolute atomic E-state index is 0.129. The molecule has 190 valence electrons. The van der Waals surface area contributed by atoms with Crippen molar-refractivity contribution in [2.75, 3.05) is 4.90 Å². The average molecular weight is 520 g/mol. The standard InChI is InChI=1S/C28H26FN3O4S/c29-18-6-3-15(4-7-18)25-22(26(36-31-25)16-1-2-16)14-35-21-12-19-8-9-20(13-21)32(19)28-30-23-10-5-17(27(33)34)11-24(23)37-28/h3-7,10-11,16,19-21H,1-2,8-9,12-14H2,(H,33,34)/t19-,20+,21+. The molecule has 1 saturated carbocycles. The molecule has 3 atom stereocenters. The third kappa shape index (κ3) is 4.20. The van der Waals surface area contributed by atoms with Gasteiger partial charge in [0.1, 0.15) is 17.3 Å². The van der Waals surface area contributed by atoms with E-state index in [4.69, 9.17) is 14.2 Å². The van der Waals surface area contributed by atoms with Crippen LogP contribution in [0.1, 0.15) is 66.1 Å². The lowest BCUT2D eigenvalue weighted by atomic mass is 10.00. The van der Waals surface area contributed by atoms with Gasteiger partial charge in [-0.3, -0.25) is 0 Å². The topological polar surface area (TPSA) is 88.7 Å². The Morgan fingerprint density at radius 1 is 1.11 bits per heavy atom. The van der Waals surface area contributed by atoms with E-state index >= 15 is 0 Å². The number of ether oxygens (including phenoxy) is 1. The Morgan fingerprint density at radius 3 is 2.57 bits per heavy atom. The Hall–Kier alpha value is -3.30. The summed E-state index contributed by atoms with van der Waals surface area (Å²) in [4.78, 5) is 18.6. The van der Waals surface area contributed by atoms with Gasteiger partial charge in [0, 0.05) is 29.1 Å². The molecule has 3 aliphatic rings. The van der Waals surface area contributed by atoms with Gasteiger partial charge in [-0.1, -0.05) is 16.5 Å². The summed E-state index contributed by atoms with van der Waals surface area (Å²) in [5, 5.41) is 14.6. The molecule has 7 nitrogen and oxygen atoms in total. The van der Waals surface area contributed by atoms with Crippen LogP contribution in [-0.2, 0) is 11.3 Å². The van der Waals surface area contributed by atoms with Crippen molar-refractivity contribution in [3.63, 3.8) is 0 Å². The summed E-state index contributed by atoms with van der Waals surface area (Å²) in [6, 6.07) is 12.2. The molecule has 37 heavy (non-hydrogen) atoms. The zero-order valence-electron chi connectivity index (χ0n) is 20.1. The van der Waals surface area contributed by atoms with Crippen LogP contribution in [0, 0.1) is 5.82 Å². The van der Waals surface area contributed by atoms with Crippen LogP contribution in [0.25, 0.3) is 21.5 Å². The molecular weight excluding hydrogens is 493 g/mol. The molecule has 2 aromatic carbocycles. The monoisotopic (exact) mass is 519 g/mol. The van der Waals surface area contributed by atoms with Gasteiger partial charge in [0.15, 0.2) is 5.13 Å². The van der Waals surface area contributed by atoms with E-state index in [1.165, 1.54) is 12.1 Å². The quantitative estimate of drug-likeness (QED) is 0.303. The number of benzene rings is 2. The van der Waals surface area contributed by atoms with Gasteiger partial charge < -0.3 is 19.3 Å². The first-order chi connectivity index (χ1) is 18.0. The lowest BCUT2D eigenvalue weighted by Gasteiger charge is -2.38. The normalized spacial score (nSPS) is 23.2. The molecule has 2 aliphatic heterocycles. The van der Waals surface area contributed by atoms with Crippen molar-refractivity contribution in [1.82, 2.24) is 10.1 Å². The summed E-state index contributed by atoms with van der Waals surface area (Å²) < 4.78 is 26.6. The molecule has 2 saturated heterocycles. The van der Waals surface area contributed by atoms with Gasteiger partial charge in [-0.2, -0.15) is 0 Å². The van der Waals surface area contributed by atoms with Gasteiger partial charge in [0.25, 0.3) is 0 Å². The fourth-order valence-electron chi connectivity index (χ4n) is 5.89. The highest BCUT2D eigenvalue weighted by molar-refractivity contribution is 7.22. The summed E-state index contributed by atoms with van der Waals surface area (Å²) in [5.41, 5.74) is 3.71. The summed E-state index contributed by atoms with van der Waals surface area (Å²) in [5.74, 6) is 0.120. The minimum Gasteiger partial charge on any atom is -0.478 e. The largest absolute Gasteiger partial charge is 0.478 e. The number of carbonyl (C=O) groups is 1. The Bertz CT molecular complexity index is 1460. The fourth-order valence-corrected chi connectivity index (χ4v) is 7.04. The summed E-state index contributed by atoms with van der Waals surface area (Å²) in [7, 11) is 0. The number of carboxylic acids is 1. The highest BCUT2D eigenvalue weighted by Gasteiger charge is 2.43. The number of anilines is 1. The Morgan fingerprint density at radius 2 is 1.86 bits per heavy atom. The van der Waals surface area contributed by atoms with E-state index in [2.05, 4.69) is 10.1 Å². The fraction of sp³-hybridized carbons (Fsp3) is 0.393. The molecule has 0 spiro atoms. The number of halogens is 1. The van der Waals surface area contributed by atoms with Crippen molar-refractivity contribution in [2.45, 2.75) is 69.2 Å². The van der Waals surface area contributed by atoms with Crippen LogP contribution >= 0.6 is 11.3 Å². The maximum absolute atomic E-state index is 13.5. The summed E-state index contributed by atoms with van der Waals surface area (Å²) in [6.07, 6.45) is 6.37. The molecular formula is C28H26FN3O4S. The molecule has 9 heteroatoms. The van der Waals surface area contributed by atoms with Crippen molar-refractivity contribution in [3.8, 4) is 11.3 Å². The lowest BCUT2D eigenvalue weighted by Crippen LogP contribution is -2.45. The molecule has 4 aromatic rings. The molecule has 0 radical (unpaired) electrons. The Balaban J connectivity index is 1.08. The van der Waals surface area contributed by atoms with Crippen LogP contribution in [0.4, 0.5) is 9.52 Å². The number of thiazole rings is 1. The zero-order chi connectivity index (χ0) is 25.1. The predicted octanol–water partition coefficient (Wildman–Crippen LogP) is 6.38. The lowest BCUT2D eigenvalue weighted by molar-refractivity contribution is 0.0147. The third-order valence-electron chi connectivity index (χ3n) is 7.88. The van der Waals surface area contributed by atoms with Crippen molar-refractivity contribution in [1.29, 1.82) is 0 Å². The smallest absolute Gasteiger partial charge is 0.335 e. The van der Waals surface area contributed by atoms with E-state index in [9.17, 15) is 14.3 Å². The van der Waals surface area contributed by atoms with E-state index in [0.717, 1.165) is 76.5 Å². The van der Waals surface area contributed by atoms with Gasteiger partial charge in [0.05, 0.1) is 28.5 Å². The third-order valence-corrected chi connectivity index (χ3v) is 8.91. The maximum atomic E-state index is 13.5. The van der Waals surface area contributed by atoms with Gasteiger partial charge in [-0.15, -0.1) is 0 Å². The second kappa shape index (κ2) is 8.92. The van der Waals surface area contributed by atoms with Crippen molar-refractivity contribution >= 4 is 32.7 Å². The van der Waals surface area contributed by atoms with E-state index < -0.39 is 5.97 Å². The molecule has 1 aliphatic carbocycles. The van der Waals surface area contributed by atoms with Crippen molar-refractivity contribution < 1.29 is 23.6 Å². The highest BCUT2D eigenvalue weighted by Crippen LogP contribution is 2.46. The second-order valence-electron chi connectivity index (χ2n) is 10.3. The van der Waals surface area contributed by atoms with Gasteiger partial charge >= 0.3 is 5.97 Å². The Labute approximate surface area is 216 Å². The minimum atomic E-state index is -0.921. The summed E-state index contributed by atoms with van der Waals surface area (Å²) >= 11 is 1.57. The number of carboxylic acid groups (broad SMARTS) is 1. The summed E-state index contributed by atoms with van der Waals surface area (Å²) in [6.45, 7) is 0.436. The number of hydrogen-bond acceptors (Lipinski definition) is 7. The molecule has 7 rings (SSSR count). The number of aromatic carboxylic acids is 1. The molecule has 2 aromatic heterocycles. The first-order valence-electron chi connectivity index (χ1n) is 12.8. The molecule has 0 amide bonds. The van der Waals surface area contributed by atoms with E-state index in [0.29, 0.717) is 24.6 Å². The number of aromatic nitrogens is 2. The Kier molecular flexibility index (Phi) is 5.51. The van der Waals surface area contributed by atoms with Crippen LogP contribution in [-0.4, -0.2) is 39.4 Å². The van der Waals surface area contributed by atoms with E-state index in [1.54, 1.807) is 41.7 Å². The van der Waals surface area contributed by atoms with E-state index in [-0.39, 0.29) is 17.5 Å². The molecule has 4 heterocycles. The second-order valence-corrected chi connectivity index (χ2v) is 11.3. The highest BCUT2D eigenvalue weighted by atomic mass is 32.1. The number of nitrogens with zero attached hydrogens (tertiary/aromatic N) is 3. The van der Waals surface area contributed by atoms with Crippen molar-refractivity contribution in [3.05, 3.63) is 65.2 Å². The molecule has 1 N–H and O–H groups in total. The van der Waals surface area contributed by atoms with Crippen LogP contribution in [0.3, 0.4) is 0 Å². The maximum Gasteiger partial charge on any atom is 0.335 e.